The lowest BCUT2D eigenvalue weighted by Gasteiger charge is -2.19. The third-order valence-corrected chi connectivity index (χ3v) is 11.1. The number of amides is 1. The number of aryl methyl sites for hydroxylation is 3. The van der Waals surface area contributed by atoms with E-state index in [9.17, 15) is 18.8 Å². The lowest BCUT2D eigenvalue weighted by molar-refractivity contribution is 0.0521. The second-order valence-electron chi connectivity index (χ2n) is 14.9. The predicted octanol–water partition coefficient (Wildman–Crippen LogP) is 8.41. The van der Waals surface area contributed by atoms with Gasteiger partial charge in [0.25, 0.3) is 0 Å². The number of carbonyl (C=O) groups is 3. The molecule has 0 saturated heterocycles. The highest BCUT2D eigenvalue weighted by Gasteiger charge is 2.30. The summed E-state index contributed by atoms with van der Waals surface area (Å²) in [6.45, 7) is 9.29. The van der Waals surface area contributed by atoms with E-state index < -0.39 is 17.7 Å². The summed E-state index contributed by atoms with van der Waals surface area (Å²) in [5.41, 5.74) is 5.13. The highest BCUT2D eigenvalue weighted by molar-refractivity contribution is 7.98. The molecule has 58 heavy (non-hydrogen) atoms. The van der Waals surface area contributed by atoms with E-state index in [1.165, 1.54) is 31.0 Å². The van der Waals surface area contributed by atoms with E-state index in [4.69, 9.17) is 35.6 Å². The average Bonchev–Trinajstić information content (AvgIpc) is 3.83. The smallest absolute Gasteiger partial charge is 0.407 e. The first-order chi connectivity index (χ1) is 27.8. The van der Waals surface area contributed by atoms with Gasteiger partial charge in [0.05, 0.1) is 51.4 Å². The van der Waals surface area contributed by atoms with Crippen molar-refractivity contribution in [1.82, 2.24) is 29.4 Å². The number of halogens is 2. The zero-order chi connectivity index (χ0) is 41.3. The van der Waals surface area contributed by atoms with Crippen LogP contribution in [0, 0.1) is 12.7 Å². The molecule has 0 saturated carbocycles. The molecule has 4 heterocycles. The monoisotopic (exact) mass is 830 g/mol. The predicted molar refractivity (Wildman–Crippen MR) is 219 cm³/mol. The molecule has 13 nitrogen and oxygen atoms in total. The van der Waals surface area contributed by atoms with E-state index in [0.29, 0.717) is 82.5 Å². The molecule has 1 aliphatic rings. The van der Waals surface area contributed by atoms with Crippen LogP contribution in [0.2, 0.25) is 5.02 Å². The van der Waals surface area contributed by atoms with Gasteiger partial charge in [-0.2, -0.15) is 10.2 Å². The number of methoxy groups -OCH3 is 1. The van der Waals surface area contributed by atoms with Crippen LogP contribution in [0.3, 0.4) is 0 Å². The van der Waals surface area contributed by atoms with Gasteiger partial charge in [-0.3, -0.25) is 14.2 Å². The zero-order valence-corrected chi connectivity index (χ0v) is 34.7. The number of alkyl carbamates (subject to hydrolysis) is 1. The lowest BCUT2D eigenvalue weighted by Crippen LogP contribution is -2.32. The Hall–Kier alpha value is -5.38. The number of carbonyl (C=O) groups excluding carboxylic acids is 3. The number of ether oxygens (including phenoxy) is 4. The third kappa shape index (κ3) is 8.43. The largest absolute Gasteiger partial charge is 0.493 e. The molecule has 1 N–H and O–H groups in total. The van der Waals surface area contributed by atoms with Gasteiger partial charge in [-0.05, 0) is 93.6 Å². The van der Waals surface area contributed by atoms with Gasteiger partial charge in [0.2, 0.25) is 0 Å². The molecule has 0 unspecified atom stereocenters. The molecule has 1 amide bonds. The summed E-state index contributed by atoms with van der Waals surface area (Å²) in [5, 5.41) is 14.5. The first-order valence-corrected chi connectivity index (χ1v) is 20.1. The maximum atomic E-state index is 14.4. The van der Waals surface area contributed by atoms with Gasteiger partial charge in [-0.25, -0.2) is 14.0 Å². The van der Waals surface area contributed by atoms with Crippen molar-refractivity contribution in [2.24, 2.45) is 7.05 Å². The molecule has 16 heteroatoms. The van der Waals surface area contributed by atoms with E-state index in [0.717, 1.165) is 38.1 Å². The SMILES string of the molecule is COC(=O)c1c(C)c2c(-c3c(CNC(=O)OC(C)(C)C)nn4c3COCC4)c(Cl)ccc2n1CCCOc1cc(SCc2cc(C=O)nn2C)cc2cc(F)ccc12. The molecule has 0 fully saturated rings. The second kappa shape index (κ2) is 16.8. The third-order valence-electron chi connectivity index (χ3n) is 9.80. The fourth-order valence-corrected chi connectivity index (χ4v) is 8.54. The number of rotatable bonds is 13. The molecular formula is C42H44ClFN6O7S. The van der Waals surface area contributed by atoms with Crippen molar-refractivity contribution in [3.63, 3.8) is 0 Å². The second-order valence-corrected chi connectivity index (χ2v) is 16.4. The highest BCUT2D eigenvalue weighted by atomic mass is 35.5. The highest BCUT2D eigenvalue weighted by Crippen LogP contribution is 2.43. The van der Waals surface area contributed by atoms with E-state index in [1.807, 2.05) is 34.4 Å². The maximum absolute atomic E-state index is 14.4. The molecule has 0 atom stereocenters. The number of nitrogens with zero attached hydrogens (tertiary/aromatic N) is 5. The molecule has 0 spiro atoms. The van der Waals surface area contributed by atoms with Crippen LogP contribution < -0.4 is 10.1 Å². The molecule has 3 aromatic heterocycles. The summed E-state index contributed by atoms with van der Waals surface area (Å²) in [5.74, 6) is 0.269. The van der Waals surface area contributed by atoms with E-state index in [2.05, 4.69) is 10.4 Å². The maximum Gasteiger partial charge on any atom is 0.407 e. The summed E-state index contributed by atoms with van der Waals surface area (Å²) in [7, 11) is 3.13. The van der Waals surface area contributed by atoms with Crippen molar-refractivity contribution >= 4 is 63.4 Å². The van der Waals surface area contributed by atoms with Crippen LogP contribution in [0.4, 0.5) is 9.18 Å². The van der Waals surface area contributed by atoms with Crippen LogP contribution in [-0.4, -0.2) is 68.4 Å². The van der Waals surface area contributed by atoms with E-state index >= 15 is 0 Å². The number of hydrogen-bond donors (Lipinski definition) is 1. The van der Waals surface area contributed by atoms with Crippen molar-refractivity contribution in [2.75, 3.05) is 20.3 Å². The van der Waals surface area contributed by atoms with Gasteiger partial charge in [0.1, 0.15) is 28.6 Å². The number of aldehydes is 1. The minimum Gasteiger partial charge on any atom is -0.493 e. The van der Waals surface area contributed by atoms with Crippen LogP contribution in [0.15, 0.2) is 53.4 Å². The Balaban J connectivity index is 1.19. The molecule has 3 aromatic carbocycles. The Morgan fingerprint density at radius 2 is 1.91 bits per heavy atom. The van der Waals surface area contributed by atoms with E-state index in [-0.39, 0.29) is 25.6 Å². The fourth-order valence-electron chi connectivity index (χ4n) is 7.30. The Labute approximate surface area is 343 Å². The van der Waals surface area contributed by atoms with Crippen molar-refractivity contribution in [1.29, 1.82) is 0 Å². The minimum absolute atomic E-state index is 0.0728. The van der Waals surface area contributed by atoms with E-state index in [1.54, 1.807) is 50.7 Å². The first kappa shape index (κ1) is 40.8. The molecule has 1 aliphatic heterocycles. The standard InChI is InChI=1S/C42H44ClFN6O7S/c1-24-36-33(11-10-31(43)37(36)38-32(20-45-41(53)57-42(2,3)4)47-50-13-15-55-22-34(38)50)49(39(24)40(52)54-6)12-7-14-56-35-19-29(17-25-16-26(44)8-9-30(25)35)58-23-28-18-27(21-51)46-48(28)5/h8-11,16-19,21H,7,12-15,20,22-23H2,1-6H3,(H,45,53). The quantitative estimate of drug-likeness (QED) is 0.0522. The van der Waals surface area contributed by atoms with Crippen molar-refractivity contribution in [2.45, 2.75) is 76.6 Å². The van der Waals surface area contributed by atoms with Gasteiger partial charge >= 0.3 is 12.1 Å². The summed E-state index contributed by atoms with van der Waals surface area (Å²) in [4.78, 5) is 38.3. The van der Waals surface area contributed by atoms with Crippen LogP contribution in [0.1, 0.15) is 70.8 Å². The lowest BCUT2D eigenvalue weighted by atomic mass is 9.96. The number of esters is 1. The van der Waals surface area contributed by atoms with Gasteiger partial charge < -0.3 is 28.8 Å². The first-order valence-electron chi connectivity index (χ1n) is 18.8. The number of thioether (sulfide) groups is 1. The molecule has 0 bridgehead atoms. The van der Waals surface area contributed by atoms with Crippen LogP contribution in [0.5, 0.6) is 5.75 Å². The summed E-state index contributed by atoms with van der Waals surface area (Å²) in [6.07, 6.45) is 0.634. The molecule has 6 aromatic rings. The van der Waals surface area contributed by atoms with Crippen LogP contribution in [-0.2, 0) is 53.3 Å². The molecule has 304 valence electrons. The summed E-state index contributed by atoms with van der Waals surface area (Å²) in [6, 6.07) is 13.8. The number of hydrogen-bond acceptors (Lipinski definition) is 10. The van der Waals surface area contributed by atoms with Gasteiger partial charge in [0.15, 0.2) is 6.29 Å². The topological polar surface area (TPSA) is 141 Å². The van der Waals surface area contributed by atoms with Crippen LogP contribution in [0.25, 0.3) is 32.8 Å². The Kier molecular flexibility index (Phi) is 11.8. The Morgan fingerprint density at radius 1 is 1.10 bits per heavy atom. The van der Waals surface area contributed by atoms with Gasteiger partial charge in [-0.1, -0.05) is 11.6 Å². The van der Waals surface area contributed by atoms with Crippen molar-refractivity contribution in [3.8, 4) is 16.9 Å². The molecule has 0 radical (unpaired) electrons. The molecule has 0 aliphatic carbocycles. The number of nitrogens with one attached hydrogen (secondary N) is 1. The number of fused-ring (bicyclic) bond motifs is 3. The summed E-state index contributed by atoms with van der Waals surface area (Å²) >= 11 is 8.59. The molecular weight excluding hydrogens is 787 g/mol. The van der Waals surface area contributed by atoms with Gasteiger partial charge in [0, 0.05) is 62.4 Å². The Bertz CT molecular complexity index is 2560. The Morgan fingerprint density at radius 3 is 2.66 bits per heavy atom. The zero-order valence-electron chi connectivity index (χ0n) is 33.1. The summed E-state index contributed by atoms with van der Waals surface area (Å²) < 4.78 is 42.9. The number of benzene rings is 3. The van der Waals surface area contributed by atoms with Crippen molar-refractivity contribution in [3.05, 3.63) is 93.4 Å². The van der Waals surface area contributed by atoms with Crippen LogP contribution >= 0.6 is 23.4 Å². The number of aromatic nitrogens is 5. The van der Waals surface area contributed by atoms with Gasteiger partial charge in [-0.15, -0.1) is 11.8 Å². The molecule has 7 rings (SSSR count). The average molecular weight is 831 g/mol. The fraction of sp³-hybridized carbons (Fsp3) is 0.357. The normalized spacial score (nSPS) is 12.8. The van der Waals surface area contributed by atoms with Crippen molar-refractivity contribution < 1.29 is 37.7 Å². The minimum atomic E-state index is -0.681.